The van der Waals surface area contributed by atoms with Crippen molar-refractivity contribution in [2.45, 2.75) is 52.6 Å². The number of ether oxygens (including phenoxy) is 1. The Morgan fingerprint density at radius 2 is 2.19 bits per heavy atom. The summed E-state index contributed by atoms with van der Waals surface area (Å²) in [6.07, 6.45) is 4.21. The average Bonchev–Trinajstić information content (AvgIpc) is 3.11. The van der Waals surface area contributed by atoms with Gasteiger partial charge in [0.1, 0.15) is 5.75 Å². The van der Waals surface area contributed by atoms with E-state index in [1.165, 1.54) is 0 Å². The number of hydrogen-bond acceptors (Lipinski definition) is 5. The summed E-state index contributed by atoms with van der Waals surface area (Å²) in [5.74, 6) is 0.464. The summed E-state index contributed by atoms with van der Waals surface area (Å²) in [6, 6.07) is 5.89. The standard InChI is InChI=1S/C24H32N4O4/c1-16(2)13-28-14-19-11-21(5-4-17(19)10-18(23(28)31)12-22(29)30)32-9-6-20-15-27-8-3-7-25-24(27)26-20/h4-5,11,15-16,18H,3,6-10,12-14H2,1-2H3,(H,25,26)(H,29,30). The van der Waals surface area contributed by atoms with Gasteiger partial charge in [-0.3, -0.25) is 9.59 Å². The van der Waals surface area contributed by atoms with E-state index in [0.717, 1.165) is 54.4 Å². The summed E-state index contributed by atoms with van der Waals surface area (Å²) < 4.78 is 8.16. The number of aliphatic carboxylic acids is 1. The zero-order valence-electron chi connectivity index (χ0n) is 18.8. The van der Waals surface area contributed by atoms with Crippen LogP contribution in [0.25, 0.3) is 0 Å². The zero-order valence-corrected chi connectivity index (χ0v) is 18.8. The molecule has 4 rings (SSSR count). The summed E-state index contributed by atoms with van der Waals surface area (Å²) in [6.45, 7) is 7.70. The van der Waals surface area contributed by atoms with Gasteiger partial charge in [-0.25, -0.2) is 4.98 Å². The second-order valence-corrected chi connectivity index (χ2v) is 9.17. The Morgan fingerprint density at radius 1 is 1.34 bits per heavy atom. The first-order chi connectivity index (χ1) is 15.4. The molecule has 2 aliphatic rings. The van der Waals surface area contributed by atoms with E-state index in [1.807, 2.05) is 18.2 Å². The maximum atomic E-state index is 13.0. The molecule has 2 N–H and O–H groups in total. The van der Waals surface area contributed by atoms with Crippen molar-refractivity contribution in [3.8, 4) is 5.75 Å². The van der Waals surface area contributed by atoms with Crippen LogP contribution in [0.5, 0.6) is 5.75 Å². The van der Waals surface area contributed by atoms with Gasteiger partial charge >= 0.3 is 5.97 Å². The van der Waals surface area contributed by atoms with Gasteiger partial charge in [0.05, 0.1) is 24.6 Å². The van der Waals surface area contributed by atoms with Crippen molar-refractivity contribution in [2.75, 3.05) is 25.0 Å². The third-order valence-corrected chi connectivity index (χ3v) is 5.98. The van der Waals surface area contributed by atoms with Gasteiger partial charge in [-0.05, 0) is 42.0 Å². The minimum absolute atomic E-state index is 0.0721. The Morgan fingerprint density at radius 3 is 2.94 bits per heavy atom. The maximum Gasteiger partial charge on any atom is 0.304 e. The molecule has 0 fully saturated rings. The van der Waals surface area contributed by atoms with E-state index >= 15 is 0 Å². The average molecular weight is 441 g/mol. The molecule has 8 nitrogen and oxygen atoms in total. The van der Waals surface area contributed by atoms with E-state index in [2.05, 4.69) is 34.9 Å². The summed E-state index contributed by atoms with van der Waals surface area (Å²) in [4.78, 5) is 30.7. The van der Waals surface area contributed by atoms with Crippen LogP contribution >= 0.6 is 0 Å². The molecule has 1 atom stereocenters. The van der Waals surface area contributed by atoms with E-state index in [4.69, 9.17) is 4.74 Å². The number of carboxylic acids is 1. The van der Waals surface area contributed by atoms with Crippen LogP contribution in [-0.4, -0.2) is 51.1 Å². The first-order valence-electron chi connectivity index (χ1n) is 11.4. The van der Waals surface area contributed by atoms with E-state index in [0.29, 0.717) is 32.0 Å². The number of fused-ring (bicyclic) bond motifs is 2. The van der Waals surface area contributed by atoms with Gasteiger partial charge < -0.3 is 24.6 Å². The number of carbonyl (C=O) groups excluding carboxylic acids is 1. The molecule has 0 saturated carbocycles. The number of carboxylic acid groups (broad SMARTS) is 1. The van der Waals surface area contributed by atoms with Gasteiger partial charge in [0.2, 0.25) is 11.9 Å². The van der Waals surface area contributed by atoms with Crippen LogP contribution in [0.15, 0.2) is 24.4 Å². The monoisotopic (exact) mass is 440 g/mol. The van der Waals surface area contributed by atoms with E-state index in [-0.39, 0.29) is 12.3 Å². The molecular weight excluding hydrogens is 408 g/mol. The molecule has 32 heavy (non-hydrogen) atoms. The Balaban J connectivity index is 1.44. The van der Waals surface area contributed by atoms with Gasteiger partial charge in [-0.2, -0.15) is 0 Å². The van der Waals surface area contributed by atoms with Crippen molar-refractivity contribution >= 4 is 17.8 Å². The van der Waals surface area contributed by atoms with Crippen LogP contribution < -0.4 is 10.1 Å². The number of nitrogens with one attached hydrogen (secondary N) is 1. The lowest BCUT2D eigenvalue weighted by Gasteiger charge is -2.25. The summed E-state index contributed by atoms with van der Waals surface area (Å²) in [5, 5.41) is 12.6. The highest BCUT2D eigenvalue weighted by Crippen LogP contribution is 2.29. The van der Waals surface area contributed by atoms with Gasteiger partial charge in [0.25, 0.3) is 0 Å². The third kappa shape index (κ3) is 5.23. The Labute approximate surface area is 188 Å². The molecule has 0 aliphatic carbocycles. The Kier molecular flexibility index (Phi) is 6.67. The number of rotatable bonds is 8. The van der Waals surface area contributed by atoms with Gasteiger partial charge in [0, 0.05) is 38.8 Å². The Hall–Kier alpha value is -3.03. The highest BCUT2D eigenvalue weighted by Gasteiger charge is 2.31. The third-order valence-electron chi connectivity index (χ3n) is 5.98. The topological polar surface area (TPSA) is 96.7 Å². The van der Waals surface area contributed by atoms with Crippen molar-refractivity contribution in [3.05, 3.63) is 41.2 Å². The number of aromatic nitrogens is 2. The molecular formula is C24H32N4O4. The quantitative estimate of drug-likeness (QED) is 0.655. The SMILES string of the molecule is CC(C)CN1Cc2cc(OCCc3cn4c(n3)NCCC4)ccc2CC(CC(=O)O)C1=O. The van der Waals surface area contributed by atoms with Crippen LogP contribution in [0.2, 0.25) is 0 Å². The molecule has 8 heteroatoms. The van der Waals surface area contributed by atoms with Crippen molar-refractivity contribution in [1.82, 2.24) is 14.5 Å². The smallest absolute Gasteiger partial charge is 0.304 e. The number of imidazole rings is 1. The van der Waals surface area contributed by atoms with E-state index in [9.17, 15) is 14.7 Å². The second-order valence-electron chi connectivity index (χ2n) is 9.17. The lowest BCUT2D eigenvalue weighted by atomic mass is 9.94. The van der Waals surface area contributed by atoms with Crippen LogP contribution in [0.1, 0.15) is 43.5 Å². The fraction of sp³-hybridized carbons (Fsp3) is 0.542. The van der Waals surface area contributed by atoms with E-state index in [1.54, 1.807) is 4.90 Å². The minimum atomic E-state index is -0.938. The molecule has 0 spiro atoms. The van der Waals surface area contributed by atoms with Crippen LogP contribution in [0.3, 0.4) is 0 Å². The highest BCUT2D eigenvalue weighted by atomic mass is 16.5. The normalized spacial score (nSPS) is 18.0. The van der Waals surface area contributed by atoms with E-state index < -0.39 is 11.9 Å². The fourth-order valence-corrected chi connectivity index (χ4v) is 4.52. The lowest BCUT2D eigenvalue weighted by molar-refractivity contribution is -0.144. The number of anilines is 1. The number of benzene rings is 1. The van der Waals surface area contributed by atoms with Crippen LogP contribution in [0, 0.1) is 11.8 Å². The van der Waals surface area contributed by atoms with Gasteiger partial charge in [0.15, 0.2) is 0 Å². The number of carbonyl (C=O) groups is 2. The largest absolute Gasteiger partial charge is 0.493 e. The molecule has 3 heterocycles. The molecule has 172 valence electrons. The van der Waals surface area contributed by atoms with Gasteiger partial charge in [-0.15, -0.1) is 0 Å². The van der Waals surface area contributed by atoms with Crippen molar-refractivity contribution < 1.29 is 19.4 Å². The van der Waals surface area contributed by atoms with Gasteiger partial charge in [-0.1, -0.05) is 19.9 Å². The minimum Gasteiger partial charge on any atom is -0.493 e. The number of nitrogens with zero attached hydrogens (tertiary/aromatic N) is 3. The molecule has 1 aromatic heterocycles. The van der Waals surface area contributed by atoms with Crippen molar-refractivity contribution in [3.63, 3.8) is 0 Å². The predicted octanol–water partition coefficient (Wildman–Crippen LogP) is 2.95. The number of amides is 1. The maximum absolute atomic E-state index is 13.0. The molecule has 2 aliphatic heterocycles. The molecule has 2 aromatic rings. The molecule has 1 amide bonds. The molecule has 1 unspecified atom stereocenters. The predicted molar refractivity (Wildman–Crippen MR) is 121 cm³/mol. The summed E-state index contributed by atoms with van der Waals surface area (Å²) >= 11 is 0. The molecule has 0 bridgehead atoms. The van der Waals surface area contributed by atoms with Crippen molar-refractivity contribution in [2.24, 2.45) is 11.8 Å². The van der Waals surface area contributed by atoms with Crippen LogP contribution in [0.4, 0.5) is 5.95 Å². The zero-order chi connectivity index (χ0) is 22.7. The van der Waals surface area contributed by atoms with Crippen LogP contribution in [-0.2, 0) is 35.5 Å². The Bertz CT molecular complexity index is 961. The molecule has 1 aromatic carbocycles. The fourth-order valence-electron chi connectivity index (χ4n) is 4.52. The molecule has 0 saturated heterocycles. The highest BCUT2D eigenvalue weighted by molar-refractivity contribution is 5.84. The van der Waals surface area contributed by atoms with Crippen molar-refractivity contribution in [1.29, 1.82) is 0 Å². The first-order valence-corrected chi connectivity index (χ1v) is 11.4. The summed E-state index contributed by atoms with van der Waals surface area (Å²) in [7, 11) is 0. The lowest BCUT2D eigenvalue weighted by Crippen LogP contribution is -2.37. The number of aryl methyl sites for hydroxylation is 1. The molecule has 0 radical (unpaired) electrons. The first kappa shape index (κ1) is 22.2. The number of hydrogen-bond donors (Lipinski definition) is 2. The second kappa shape index (κ2) is 9.63. The summed E-state index contributed by atoms with van der Waals surface area (Å²) in [5.41, 5.74) is 3.07.